The van der Waals surface area contributed by atoms with Gasteiger partial charge in [-0.05, 0) is 24.6 Å². The minimum absolute atomic E-state index is 0.587. The standard InChI is InChI=1S/C10H11BrF3NO2S/c1-7(8-2-4-9(11)5-3-8)15-18(16,17)6-10(12,13)14/h2-5,7,15H,6H2,1H3/t7-/m1/s1. The lowest BCUT2D eigenvalue weighted by atomic mass is 10.1. The largest absolute Gasteiger partial charge is 0.404 e. The second-order valence-electron chi connectivity index (χ2n) is 3.77. The maximum Gasteiger partial charge on any atom is 0.404 e. The molecule has 0 spiro atoms. The van der Waals surface area contributed by atoms with Crippen LogP contribution in [-0.4, -0.2) is 20.3 Å². The van der Waals surface area contributed by atoms with E-state index in [9.17, 15) is 21.6 Å². The number of alkyl halides is 3. The number of hydrogen-bond donors (Lipinski definition) is 1. The van der Waals surface area contributed by atoms with E-state index in [1.54, 1.807) is 24.3 Å². The number of rotatable bonds is 4. The molecule has 102 valence electrons. The Balaban J connectivity index is 2.76. The van der Waals surface area contributed by atoms with Crippen LogP contribution in [0.1, 0.15) is 18.5 Å². The first kappa shape index (κ1) is 15.5. The highest BCUT2D eigenvalue weighted by Gasteiger charge is 2.35. The van der Waals surface area contributed by atoms with Crippen molar-refractivity contribution in [3.05, 3.63) is 34.3 Å². The maximum absolute atomic E-state index is 12.0. The average Bonchev–Trinajstić information content (AvgIpc) is 2.13. The Morgan fingerprint density at radius 2 is 1.78 bits per heavy atom. The highest BCUT2D eigenvalue weighted by molar-refractivity contribution is 9.10. The zero-order valence-electron chi connectivity index (χ0n) is 9.33. The predicted molar refractivity (Wildman–Crippen MR) is 65.5 cm³/mol. The van der Waals surface area contributed by atoms with Gasteiger partial charge in [-0.2, -0.15) is 13.2 Å². The van der Waals surface area contributed by atoms with Gasteiger partial charge in [0.1, 0.15) is 0 Å². The van der Waals surface area contributed by atoms with Gasteiger partial charge in [-0.15, -0.1) is 0 Å². The van der Waals surface area contributed by atoms with Gasteiger partial charge in [-0.25, -0.2) is 13.1 Å². The Hall–Kier alpha value is -0.600. The number of sulfonamides is 1. The molecule has 0 radical (unpaired) electrons. The van der Waals surface area contributed by atoms with E-state index in [4.69, 9.17) is 0 Å². The van der Waals surface area contributed by atoms with Crippen molar-refractivity contribution in [2.45, 2.75) is 19.1 Å². The second kappa shape index (κ2) is 5.58. The fourth-order valence-electron chi connectivity index (χ4n) is 1.35. The van der Waals surface area contributed by atoms with Crippen LogP contribution in [0.25, 0.3) is 0 Å². The van der Waals surface area contributed by atoms with Gasteiger partial charge >= 0.3 is 6.18 Å². The molecule has 1 N–H and O–H groups in total. The zero-order valence-corrected chi connectivity index (χ0v) is 11.7. The molecule has 0 saturated carbocycles. The van der Waals surface area contributed by atoms with E-state index in [1.807, 2.05) is 4.72 Å². The summed E-state index contributed by atoms with van der Waals surface area (Å²) in [5.74, 6) is -1.87. The molecule has 0 unspecified atom stereocenters. The molecule has 1 rings (SSSR count). The lowest BCUT2D eigenvalue weighted by molar-refractivity contribution is -0.106. The normalized spacial score (nSPS) is 14.5. The van der Waals surface area contributed by atoms with Crippen LogP contribution in [0.15, 0.2) is 28.7 Å². The molecule has 0 aliphatic carbocycles. The van der Waals surface area contributed by atoms with E-state index >= 15 is 0 Å². The summed E-state index contributed by atoms with van der Waals surface area (Å²) in [5.41, 5.74) is 0.587. The Morgan fingerprint density at radius 3 is 2.22 bits per heavy atom. The van der Waals surface area contributed by atoms with Crippen molar-refractivity contribution in [3.63, 3.8) is 0 Å². The van der Waals surface area contributed by atoms with Crippen molar-refractivity contribution in [2.24, 2.45) is 0 Å². The van der Waals surface area contributed by atoms with E-state index in [-0.39, 0.29) is 0 Å². The SMILES string of the molecule is C[C@@H](NS(=O)(=O)CC(F)(F)F)c1ccc(Br)cc1. The van der Waals surface area contributed by atoms with Gasteiger partial charge in [0.25, 0.3) is 0 Å². The molecule has 1 atom stereocenters. The number of benzene rings is 1. The minimum Gasteiger partial charge on any atom is -0.212 e. The van der Waals surface area contributed by atoms with Gasteiger partial charge in [0.05, 0.1) is 0 Å². The van der Waals surface area contributed by atoms with E-state index in [0.717, 1.165) is 4.47 Å². The van der Waals surface area contributed by atoms with E-state index in [0.29, 0.717) is 5.56 Å². The Labute approximate surface area is 112 Å². The predicted octanol–water partition coefficient (Wildman–Crippen LogP) is 2.99. The summed E-state index contributed by atoms with van der Waals surface area (Å²) in [7, 11) is -4.38. The van der Waals surface area contributed by atoms with E-state index in [1.165, 1.54) is 6.92 Å². The first-order chi connectivity index (χ1) is 8.09. The van der Waals surface area contributed by atoms with Crippen molar-refractivity contribution < 1.29 is 21.6 Å². The van der Waals surface area contributed by atoms with Crippen molar-refractivity contribution in [1.82, 2.24) is 4.72 Å². The van der Waals surface area contributed by atoms with Gasteiger partial charge in [-0.3, -0.25) is 0 Å². The first-order valence-electron chi connectivity index (χ1n) is 4.91. The molecular formula is C10H11BrF3NO2S. The monoisotopic (exact) mass is 345 g/mol. The fraction of sp³-hybridized carbons (Fsp3) is 0.400. The Morgan fingerprint density at radius 1 is 1.28 bits per heavy atom. The van der Waals surface area contributed by atoms with Gasteiger partial charge < -0.3 is 0 Å². The number of nitrogens with one attached hydrogen (secondary N) is 1. The second-order valence-corrected chi connectivity index (χ2v) is 6.43. The van der Waals surface area contributed by atoms with Gasteiger partial charge in [-0.1, -0.05) is 28.1 Å². The van der Waals surface area contributed by atoms with Gasteiger partial charge in [0, 0.05) is 10.5 Å². The molecule has 0 bridgehead atoms. The summed E-state index contributed by atoms with van der Waals surface area (Å²) < 4.78 is 61.4. The molecule has 0 saturated heterocycles. The molecule has 0 fully saturated rings. The minimum atomic E-state index is -4.74. The highest BCUT2D eigenvalue weighted by atomic mass is 79.9. The lowest BCUT2D eigenvalue weighted by Crippen LogP contribution is -2.35. The Kier molecular flexibility index (Phi) is 4.79. The molecule has 0 aromatic heterocycles. The molecule has 18 heavy (non-hydrogen) atoms. The van der Waals surface area contributed by atoms with Crippen LogP contribution in [0, 0.1) is 0 Å². The molecule has 0 aliphatic rings. The summed E-state index contributed by atoms with van der Waals surface area (Å²) in [5, 5.41) is 0. The fourth-order valence-corrected chi connectivity index (χ4v) is 2.80. The molecule has 8 heteroatoms. The quantitative estimate of drug-likeness (QED) is 0.911. The summed E-state index contributed by atoms with van der Waals surface area (Å²) >= 11 is 3.21. The molecule has 1 aromatic rings. The molecule has 1 aromatic carbocycles. The van der Waals surface area contributed by atoms with E-state index in [2.05, 4.69) is 15.9 Å². The third kappa shape index (κ3) is 5.36. The van der Waals surface area contributed by atoms with Crippen molar-refractivity contribution in [3.8, 4) is 0 Å². The zero-order chi connectivity index (χ0) is 14.0. The summed E-state index contributed by atoms with van der Waals surface area (Å²) in [6.07, 6.45) is -4.74. The summed E-state index contributed by atoms with van der Waals surface area (Å²) in [4.78, 5) is 0. The van der Waals surface area contributed by atoms with Crippen LogP contribution in [0.2, 0.25) is 0 Å². The third-order valence-corrected chi connectivity index (χ3v) is 4.03. The maximum atomic E-state index is 12.0. The highest BCUT2D eigenvalue weighted by Crippen LogP contribution is 2.20. The number of halogens is 4. The van der Waals surface area contributed by atoms with Crippen LogP contribution in [0.4, 0.5) is 13.2 Å². The van der Waals surface area contributed by atoms with Crippen molar-refractivity contribution in [1.29, 1.82) is 0 Å². The molecular weight excluding hydrogens is 335 g/mol. The van der Waals surface area contributed by atoms with Gasteiger partial charge in [0.2, 0.25) is 10.0 Å². The molecule has 0 aliphatic heterocycles. The summed E-state index contributed by atoms with van der Waals surface area (Å²) in [6, 6.07) is 5.91. The summed E-state index contributed by atoms with van der Waals surface area (Å²) in [6.45, 7) is 1.48. The van der Waals surface area contributed by atoms with Crippen LogP contribution in [-0.2, 0) is 10.0 Å². The third-order valence-electron chi connectivity index (χ3n) is 2.08. The van der Waals surface area contributed by atoms with Crippen LogP contribution >= 0.6 is 15.9 Å². The van der Waals surface area contributed by atoms with Crippen LogP contribution < -0.4 is 4.72 Å². The van der Waals surface area contributed by atoms with Crippen LogP contribution in [0.5, 0.6) is 0 Å². The Bertz CT molecular complexity index is 499. The van der Waals surface area contributed by atoms with Crippen molar-refractivity contribution in [2.75, 3.05) is 5.75 Å². The number of hydrogen-bond acceptors (Lipinski definition) is 2. The van der Waals surface area contributed by atoms with Gasteiger partial charge in [0.15, 0.2) is 5.75 Å². The van der Waals surface area contributed by atoms with Crippen molar-refractivity contribution >= 4 is 26.0 Å². The molecule has 0 amide bonds. The topological polar surface area (TPSA) is 46.2 Å². The smallest absolute Gasteiger partial charge is 0.212 e. The van der Waals surface area contributed by atoms with Crippen LogP contribution in [0.3, 0.4) is 0 Å². The lowest BCUT2D eigenvalue weighted by Gasteiger charge is -2.15. The average molecular weight is 346 g/mol. The molecule has 0 heterocycles. The first-order valence-corrected chi connectivity index (χ1v) is 7.36. The molecule has 3 nitrogen and oxygen atoms in total. The van der Waals surface area contributed by atoms with E-state index < -0.39 is 28.0 Å².